The molecule has 1 aromatic rings. The van der Waals surface area contributed by atoms with Crippen LogP contribution in [0.25, 0.3) is 0 Å². The van der Waals surface area contributed by atoms with Crippen molar-refractivity contribution in [3.8, 4) is 5.75 Å². The van der Waals surface area contributed by atoms with Gasteiger partial charge in [0.15, 0.2) is 0 Å². The maximum atomic E-state index is 12.9. The van der Waals surface area contributed by atoms with Gasteiger partial charge in [0.25, 0.3) is 0 Å². The first-order valence-electron chi connectivity index (χ1n) is 9.16. The minimum Gasteiger partial charge on any atom is -0.530 e. The van der Waals surface area contributed by atoms with E-state index in [1.165, 1.54) is 11.0 Å². The van der Waals surface area contributed by atoms with Crippen molar-refractivity contribution in [2.24, 2.45) is 0 Å². The third-order valence-corrected chi connectivity index (χ3v) is 4.89. The summed E-state index contributed by atoms with van der Waals surface area (Å²) in [6, 6.07) is 4.91. The highest BCUT2D eigenvalue weighted by atomic mass is 19.4. The molecule has 0 spiro atoms. The number of benzene rings is 1. The van der Waals surface area contributed by atoms with Crippen LogP contribution < -0.4 is 9.84 Å². The summed E-state index contributed by atoms with van der Waals surface area (Å²) in [6.07, 6.45) is -6.01. The van der Waals surface area contributed by atoms with Crippen molar-refractivity contribution in [2.75, 3.05) is 52.5 Å². The van der Waals surface area contributed by atoms with Gasteiger partial charge in [0.05, 0.1) is 13.2 Å². The van der Waals surface area contributed by atoms with Crippen LogP contribution in [0.2, 0.25) is 0 Å². The maximum absolute atomic E-state index is 12.9. The molecule has 0 saturated carbocycles. The quantitative estimate of drug-likeness (QED) is 0.729. The van der Waals surface area contributed by atoms with Gasteiger partial charge in [-0.05, 0) is 11.6 Å². The number of morpholine rings is 1. The Morgan fingerprint density at radius 2 is 1.68 bits per heavy atom. The summed E-state index contributed by atoms with van der Waals surface area (Å²) in [4.78, 5) is 16.1. The van der Waals surface area contributed by atoms with E-state index in [1.807, 2.05) is 11.0 Å². The van der Waals surface area contributed by atoms with Crippen LogP contribution in [0.1, 0.15) is 11.1 Å². The summed E-state index contributed by atoms with van der Waals surface area (Å²) in [6.45, 7) is 4.87. The molecule has 0 aliphatic carbocycles. The van der Waals surface area contributed by atoms with Crippen molar-refractivity contribution in [3.05, 3.63) is 29.3 Å². The molecule has 28 heavy (non-hydrogen) atoms. The SMILES string of the molecule is O=C([O-])N1CCN(Cc2ccc(CN3CCOCC3)cc2OC(F)(F)F)CC1. The fourth-order valence-corrected chi connectivity index (χ4v) is 3.39. The minimum atomic E-state index is -4.78. The lowest BCUT2D eigenvalue weighted by atomic mass is 10.1. The van der Waals surface area contributed by atoms with Gasteiger partial charge in [0, 0.05) is 57.9 Å². The zero-order valence-corrected chi connectivity index (χ0v) is 15.4. The molecule has 2 fully saturated rings. The predicted octanol–water partition coefficient (Wildman–Crippen LogP) is 0.878. The number of hydrogen-bond acceptors (Lipinski definition) is 6. The Morgan fingerprint density at radius 3 is 2.29 bits per heavy atom. The van der Waals surface area contributed by atoms with Gasteiger partial charge in [-0.25, -0.2) is 0 Å². The van der Waals surface area contributed by atoms with E-state index in [0.717, 1.165) is 18.7 Å². The van der Waals surface area contributed by atoms with Crippen LogP contribution >= 0.6 is 0 Å². The molecule has 3 rings (SSSR count). The number of carbonyl (C=O) groups excluding carboxylic acids is 1. The first-order chi connectivity index (χ1) is 13.3. The molecule has 2 saturated heterocycles. The molecule has 2 aliphatic heterocycles. The Bertz CT molecular complexity index is 673. The standard InChI is InChI=1S/C18H24F3N3O4/c19-18(20,21)28-16-11-14(12-23-7-9-27-10-8-23)1-2-15(16)13-22-3-5-24(6-4-22)17(25)26/h1-2,11H,3-10,12-13H2,(H,25,26)/p-1. The van der Waals surface area contributed by atoms with Gasteiger partial charge in [0.2, 0.25) is 0 Å². The van der Waals surface area contributed by atoms with E-state index < -0.39 is 12.5 Å². The van der Waals surface area contributed by atoms with Crippen LogP contribution in [-0.2, 0) is 17.8 Å². The molecule has 1 amide bonds. The number of hydrogen-bond donors (Lipinski definition) is 0. The molecule has 0 bridgehead atoms. The second-order valence-corrected chi connectivity index (χ2v) is 6.91. The van der Waals surface area contributed by atoms with Crippen molar-refractivity contribution < 1.29 is 32.5 Å². The number of piperazine rings is 1. The fraction of sp³-hybridized carbons (Fsp3) is 0.611. The second kappa shape index (κ2) is 8.97. The molecule has 0 atom stereocenters. The number of alkyl halides is 3. The van der Waals surface area contributed by atoms with E-state index in [1.54, 1.807) is 6.07 Å². The monoisotopic (exact) mass is 402 g/mol. The molecule has 0 N–H and O–H groups in total. The third-order valence-electron chi connectivity index (χ3n) is 4.89. The summed E-state index contributed by atoms with van der Waals surface area (Å²) in [5, 5.41) is 10.9. The van der Waals surface area contributed by atoms with Crippen molar-refractivity contribution >= 4 is 6.09 Å². The van der Waals surface area contributed by atoms with Crippen LogP contribution in [-0.4, -0.2) is 79.6 Å². The summed E-state index contributed by atoms with van der Waals surface area (Å²) >= 11 is 0. The van der Waals surface area contributed by atoms with Crippen LogP contribution in [0.4, 0.5) is 18.0 Å². The number of carboxylic acid groups (broad SMARTS) is 1. The second-order valence-electron chi connectivity index (χ2n) is 6.91. The highest BCUT2D eigenvalue weighted by molar-refractivity contribution is 5.62. The topological polar surface area (TPSA) is 68.3 Å². The summed E-state index contributed by atoms with van der Waals surface area (Å²) < 4.78 is 48.2. The van der Waals surface area contributed by atoms with Crippen molar-refractivity contribution in [1.29, 1.82) is 0 Å². The predicted molar refractivity (Wildman–Crippen MR) is 91.5 cm³/mol. The first kappa shape index (κ1) is 20.7. The number of amides is 1. The molecule has 0 aromatic heterocycles. The van der Waals surface area contributed by atoms with E-state index in [4.69, 9.17) is 4.74 Å². The van der Waals surface area contributed by atoms with Crippen LogP contribution in [0.15, 0.2) is 18.2 Å². The normalized spacial score (nSPS) is 19.6. The number of ether oxygens (including phenoxy) is 2. The summed E-state index contributed by atoms with van der Waals surface area (Å²) in [5.74, 6) is -0.208. The summed E-state index contributed by atoms with van der Waals surface area (Å²) in [7, 11) is 0. The average molecular weight is 402 g/mol. The van der Waals surface area contributed by atoms with Gasteiger partial charge in [-0.3, -0.25) is 9.80 Å². The van der Waals surface area contributed by atoms with E-state index in [2.05, 4.69) is 9.64 Å². The van der Waals surface area contributed by atoms with Gasteiger partial charge in [-0.2, -0.15) is 0 Å². The van der Waals surface area contributed by atoms with Gasteiger partial charge in [-0.1, -0.05) is 12.1 Å². The molecule has 2 aliphatic rings. The van der Waals surface area contributed by atoms with Crippen LogP contribution in [0, 0.1) is 0 Å². The smallest absolute Gasteiger partial charge is 0.530 e. The zero-order valence-electron chi connectivity index (χ0n) is 15.4. The highest BCUT2D eigenvalue weighted by Crippen LogP contribution is 2.29. The Kier molecular flexibility index (Phi) is 6.63. The largest absolute Gasteiger partial charge is 0.573 e. The molecule has 0 radical (unpaired) electrons. The Morgan fingerprint density at radius 1 is 1.04 bits per heavy atom. The lowest BCUT2D eigenvalue weighted by Gasteiger charge is -2.36. The van der Waals surface area contributed by atoms with Crippen molar-refractivity contribution in [2.45, 2.75) is 19.5 Å². The summed E-state index contributed by atoms with van der Waals surface area (Å²) in [5.41, 5.74) is 1.16. The minimum absolute atomic E-state index is 0.208. The Labute approximate surface area is 161 Å². The molecule has 1 aromatic carbocycles. The number of halogens is 3. The Balaban J connectivity index is 1.69. The third kappa shape index (κ3) is 5.98. The molecule has 2 heterocycles. The van der Waals surface area contributed by atoms with Crippen LogP contribution in [0.3, 0.4) is 0 Å². The molecular weight excluding hydrogens is 379 g/mol. The Hall–Kier alpha value is -2.04. The number of carbonyl (C=O) groups is 1. The molecular formula is C18H23F3N3O4-. The van der Waals surface area contributed by atoms with Crippen molar-refractivity contribution in [3.63, 3.8) is 0 Å². The highest BCUT2D eigenvalue weighted by Gasteiger charge is 2.32. The molecule has 10 heteroatoms. The number of nitrogens with zero attached hydrogens (tertiary/aromatic N) is 3. The molecule has 156 valence electrons. The molecule has 0 unspecified atom stereocenters. The number of rotatable bonds is 5. The van der Waals surface area contributed by atoms with Gasteiger partial charge < -0.3 is 24.3 Å². The van der Waals surface area contributed by atoms with E-state index >= 15 is 0 Å². The average Bonchev–Trinajstić information content (AvgIpc) is 2.64. The van der Waals surface area contributed by atoms with E-state index in [9.17, 15) is 23.1 Å². The zero-order chi connectivity index (χ0) is 20.1. The van der Waals surface area contributed by atoms with Gasteiger partial charge in [0.1, 0.15) is 11.8 Å². The van der Waals surface area contributed by atoms with Crippen LogP contribution in [0.5, 0.6) is 5.75 Å². The lowest BCUT2D eigenvalue weighted by molar-refractivity contribution is -0.275. The van der Waals surface area contributed by atoms with E-state index in [-0.39, 0.29) is 25.4 Å². The maximum Gasteiger partial charge on any atom is 0.573 e. The van der Waals surface area contributed by atoms with E-state index in [0.29, 0.717) is 38.4 Å². The fourth-order valence-electron chi connectivity index (χ4n) is 3.39. The molecule has 7 nitrogen and oxygen atoms in total. The lowest BCUT2D eigenvalue weighted by Crippen LogP contribution is -2.52. The first-order valence-corrected chi connectivity index (χ1v) is 9.16. The van der Waals surface area contributed by atoms with Gasteiger partial charge >= 0.3 is 6.36 Å². The van der Waals surface area contributed by atoms with Gasteiger partial charge in [-0.15, -0.1) is 13.2 Å². The van der Waals surface area contributed by atoms with Crippen molar-refractivity contribution in [1.82, 2.24) is 14.7 Å².